The van der Waals surface area contributed by atoms with Crippen LogP contribution in [0.25, 0.3) is 0 Å². The van der Waals surface area contributed by atoms with Crippen molar-refractivity contribution in [3.63, 3.8) is 0 Å². The largest absolute Gasteiger partial charge is 0.339 e. The predicted octanol–water partition coefficient (Wildman–Crippen LogP) is 4.08. The molecule has 26 heavy (non-hydrogen) atoms. The van der Waals surface area contributed by atoms with E-state index in [1.54, 1.807) is 23.1 Å². The zero-order valence-electron chi connectivity index (χ0n) is 14.5. The average Bonchev–Trinajstić information content (AvgIpc) is 2.62. The Morgan fingerprint density at radius 1 is 1.08 bits per heavy atom. The van der Waals surface area contributed by atoms with E-state index in [2.05, 4.69) is 4.72 Å². The van der Waals surface area contributed by atoms with Gasteiger partial charge in [0.05, 0.1) is 15.5 Å². The normalized spacial score (nSPS) is 14.9. The van der Waals surface area contributed by atoms with Crippen molar-refractivity contribution < 1.29 is 13.2 Å². The van der Waals surface area contributed by atoms with E-state index >= 15 is 0 Å². The van der Waals surface area contributed by atoms with Gasteiger partial charge in [-0.15, -0.1) is 0 Å². The molecule has 1 aliphatic rings. The lowest BCUT2D eigenvalue weighted by molar-refractivity contribution is 0.0724. The van der Waals surface area contributed by atoms with Crippen LogP contribution in [0, 0.1) is 6.92 Å². The summed E-state index contributed by atoms with van der Waals surface area (Å²) in [6, 6.07) is 11.3. The molecule has 1 aliphatic heterocycles. The lowest BCUT2D eigenvalue weighted by Crippen LogP contribution is -2.35. The SMILES string of the molecule is Cc1cccc(NS(=O)(=O)c2ccc(Cl)c(C(=O)N3CCCCC3)c2)c1. The van der Waals surface area contributed by atoms with Gasteiger partial charge < -0.3 is 4.90 Å². The number of sulfonamides is 1. The summed E-state index contributed by atoms with van der Waals surface area (Å²) >= 11 is 6.18. The number of nitrogens with one attached hydrogen (secondary N) is 1. The summed E-state index contributed by atoms with van der Waals surface area (Å²) in [7, 11) is -3.81. The molecule has 0 radical (unpaired) electrons. The number of amides is 1. The molecule has 0 aliphatic carbocycles. The summed E-state index contributed by atoms with van der Waals surface area (Å²) in [5, 5.41) is 0.259. The van der Waals surface area contributed by atoms with E-state index in [0.29, 0.717) is 18.8 Å². The third-order valence-corrected chi connectivity index (χ3v) is 6.10. The lowest BCUT2D eigenvalue weighted by Gasteiger charge is -2.27. The zero-order valence-corrected chi connectivity index (χ0v) is 16.1. The predicted molar refractivity (Wildman–Crippen MR) is 103 cm³/mol. The van der Waals surface area contributed by atoms with Gasteiger partial charge in [0.2, 0.25) is 0 Å². The Hall–Kier alpha value is -2.05. The van der Waals surface area contributed by atoms with Crippen LogP contribution in [0.5, 0.6) is 0 Å². The average molecular weight is 393 g/mol. The fraction of sp³-hybridized carbons (Fsp3) is 0.316. The third kappa shape index (κ3) is 4.19. The Bertz CT molecular complexity index is 922. The quantitative estimate of drug-likeness (QED) is 0.852. The minimum absolute atomic E-state index is 0.0174. The minimum atomic E-state index is -3.81. The summed E-state index contributed by atoms with van der Waals surface area (Å²) < 4.78 is 27.9. The number of piperidine rings is 1. The Kier molecular flexibility index (Phi) is 5.53. The molecular weight excluding hydrogens is 372 g/mol. The molecule has 2 aromatic rings. The van der Waals surface area contributed by atoms with Crippen LogP contribution in [0.2, 0.25) is 5.02 Å². The summed E-state index contributed by atoms with van der Waals surface area (Å²) in [5.74, 6) is -0.220. The Morgan fingerprint density at radius 2 is 1.81 bits per heavy atom. The van der Waals surface area contributed by atoms with Gasteiger partial charge in [-0.1, -0.05) is 23.7 Å². The number of benzene rings is 2. The fourth-order valence-corrected chi connectivity index (χ4v) is 4.30. The number of hydrogen-bond donors (Lipinski definition) is 1. The second kappa shape index (κ2) is 7.68. The molecule has 7 heteroatoms. The smallest absolute Gasteiger partial charge is 0.261 e. The number of carbonyl (C=O) groups excluding carboxylic acids is 1. The highest BCUT2D eigenvalue weighted by atomic mass is 35.5. The summed E-state index contributed by atoms with van der Waals surface area (Å²) in [6.45, 7) is 3.23. The molecule has 0 saturated carbocycles. The van der Waals surface area contributed by atoms with E-state index in [4.69, 9.17) is 11.6 Å². The van der Waals surface area contributed by atoms with Crippen LogP contribution >= 0.6 is 11.6 Å². The first kappa shape index (κ1) is 18.7. The Morgan fingerprint density at radius 3 is 2.50 bits per heavy atom. The molecule has 0 bridgehead atoms. The highest BCUT2D eigenvalue weighted by Crippen LogP contribution is 2.25. The van der Waals surface area contributed by atoms with Crippen molar-refractivity contribution >= 4 is 33.2 Å². The van der Waals surface area contributed by atoms with Gasteiger partial charge >= 0.3 is 0 Å². The molecule has 138 valence electrons. The maximum Gasteiger partial charge on any atom is 0.261 e. The molecular formula is C19H21ClN2O3S. The van der Waals surface area contributed by atoms with Crippen LogP contribution < -0.4 is 4.72 Å². The first-order valence-corrected chi connectivity index (χ1v) is 10.4. The second-order valence-electron chi connectivity index (χ2n) is 6.47. The number of nitrogens with zero attached hydrogens (tertiary/aromatic N) is 1. The van der Waals surface area contributed by atoms with Gasteiger partial charge in [0, 0.05) is 18.8 Å². The number of halogens is 1. The highest BCUT2D eigenvalue weighted by Gasteiger charge is 2.23. The molecule has 0 unspecified atom stereocenters. The van der Waals surface area contributed by atoms with Crippen molar-refractivity contribution in [2.75, 3.05) is 17.8 Å². The number of rotatable bonds is 4. The second-order valence-corrected chi connectivity index (χ2v) is 8.56. The maximum atomic E-state index is 12.7. The van der Waals surface area contributed by atoms with Crippen molar-refractivity contribution in [1.29, 1.82) is 0 Å². The van der Waals surface area contributed by atoms with Crippen LogP contribution in [0.15, 0.2) is 47.4 Å². The van der Waals surface area contributed by atoms with Crippen LogP contribution in [-0.2, 0) is 10.0 Å². The Balaban J connectivity index is 1.89. The van der Waals surface area contributed by atoms with E-state index in [9.17, 15) is 13.2 Å². The fourth-order valence-electron chi connectivity index (χ4n) is 3.03. The van der Waals surface area contributed by atoms with Crippen molar-refractivity contribution in [2.24, 2.45) is 0 Å². The third-order valence-electron chi connectivity index (χ3n) is 4.39. The molecule has 5 nitrogen and oxygen atoms in total. The van der Waals surface area contributed by atoms with Crippen molar-refractivity contribution in [2.45, 2.75) is 31.1 Å². The molecule has 0 atom stereocenters. The van der Waals surface area contributed by atoms with Crippen LogP contribution in [0.1, 0.15) is 35.2 Å². The van der Waals surface area contributed by atoms with Gasteiger partial charge in [-0.2, -0.15) is 0 Å². The number of carbonyl (C=O) groups is 1. The number of likely N-dealkylation sites (tertiary alicyclic amines) is 1. The van der Waals surface area contributed by atoms with Gasteiger partial charge in [-0.25, -0.2) is 8.42 Å². The van der Waals surface area contributed by atoms with E-state index in [1.807, 2.05) is 13.0 Å². The first-order valence-electron chi connectivity index (χ1n) is 8.55. The number of hydrogen-bond acceptors (Lipinski definition) is 3. The van der Waals surface area contributed by atoms with Gasteiger partial charge in [0.15, 0.2) is 0 Å². The number of anilines is 1. The standard InChI is InChI=1S/C19H21ClN2O3S/c1-14-6-5-7-15(12-14)21-26(24,25)16-8-9-18(20)17(13-16)19(23)22-10-3-2-4-11-22/h5-9,12-13,21H,2-4,10-11H2,1H3. The summed E-state index contributed by atoms with van der Waals surface area (Å²) in [4.78, 5) is 14.5. The van der Waals surface area contributed by atoms with Crippen molar-refractivity contribution in [3.05, 3.63) is 58.6 Å². The highest BCUT2D eigenvalue weighted by molar-refractivity contribution is 7.92. The van der Waals surface area contributed by atoms with Crippen LogP contribution in [-0.4, -0.2) is 32.3 Å². The molecule has 1 amide bonds. The van der Waals surface area contributed by atoms with Gasteiger partial charge in [0.25, 0.3) is 15.9 Å². The Labute approximate surface area is 159 Å². The number of aryl methyl sites for hydroxylation is 1. The monoisotopic (exact) mass is 392 g/mol. The molecule has 3 rings (SSSR count). The molecule has 1 saturated heterocycles. The zero-order chi connectivity index (χ0) is 18.7. The lowest BCUT2D eigenvalue weighted by atomic mass is 10.1. The van der Waals surface area contributed by atoms with Crippen LogP contribution in [0.4, 0.5) is 5.69 Å². The van der Waals surface area contributed by atoms with Gasteiger partial charge in [-0.05, 0) is 62.1 Å². The first-order chi connectivity index (χ1) is 12.4. The molecule has 0 spiro atoms. The van der Waals surface area contributed by atoms with Crippen molar-refractivity contribution in [3.8, 4) is 0 Å². The van der Waals surface area contributed by atoms with E-state index in [1.165, 1.54) is 18.2 Å². The van der Waals surface area contributed by atoms with Crippen LogP contribution in [0.3, 0.4) is 0 Å². The van der Waals surface area contributed by atoms with E-state index in [0.717, 1.165) is 24.8 Å². The maximum absolute atomic E-state index is 12.7. The van der Waals surface area contributed by atoms with Crippen molar-refractivity contribution in [1.82, 2.24) is 4.90 Å². The van der Waals surface area contributed by atoms with E-state index in [-0.39, 0.29) is 21.4 Å². The summed E-state index contributed by atoms with van der Waals surface area (Å²) in [6.07, 6.45) is 3.01. The molecule has 0 aromatic heterocycles. The molecule has 1 fully saturated rings. The van der Waals surface area contributed by atoms with Gasteiger partial charge in [0.1, 0.15) is 0 Å². The molecule has 2 aromatic carbocycles. The molecule has 1 N–H and O–H groups in total. The topological polar surface area (TPSA) is 66.5 Å². The minimum Gasteiger partial charge on any atom is -0.339 e. The van der Waals surface area contributed by atoms with Gasteiger partial charge in [-0.3, -0.25) is 9.52 Å². The van der Waals surface area contributed by atoms with E-state index < -0.39 is 10.0 Å². The molecule has 1 heterocycles. The summed E-state index contributed by atoms with van der Waals surface area (Å²) in [5.41, 5.74) is 1.65.